The van der Waals surface area contributed by atoms with Crippen LogP contribution < -0.4 is 10.2 Å². The Morgan fingerprint density at radius 3 is 2.77 bits per heavy atom. The number of carbonyl (C=O) groups is 2. The van der Waals surface area contributed by atoms with Crippen molar-refractivity contribution in [1.29, 1.82) is 0 Å². The summed E-state index contributed by atoms with van der Waals surface area (Å²) in [5, 5.41) is 2.29. The highest BCUT2D eigenvalue weighted by atomic mass is 32.2. The number of hydrogen-bond acceptors (Lipinski definition) is 3. The molecule has 1 saturated heterocycles. The van der Waals surface area contributed by atoms with Crippen LogP contribution >= 0.6 is 11.8 Å². The van der Waals surface area contributed by atoms with Crippen molar-refractivity contribution < 1.29 is 27.7 Å². The minimum Gasteiger partial charge on any atom is -0.350 e. The Bertz CT molecular complexity index is 652. The highest BCUT2D eigenvalue weighted by Crippen LogP contribution is 2.40. The number of thioether (sulfide) groups is 1. The number of halogens is 3. The number of carbonyl (C=O) groups excluding carboxylic acids is 2. The van der Waals surface area contributed by atoms with Crippen LogP contribution in [0.3, 0.4) is 0 Å². The lowest BCUT2D eigenvalue weighted by Crippen LogP contribution is -3.06. The standard InChI is InChI=1S/C17H22F3N3O2S/c1-22(2)9-7-21-14(24)6-8-23-15(25)11-26-16(23)12-4-3-5-13(10-12)17(18,19)20/h3-5,10,16H,6-9,11H2,1-2H3,(H,21,24)/p+1/t16-/m1/s1. The largest absolute Gasteiger partial charge is 0.416 e. The predicted octanol–water partition coefficient (Wildman–Crippen LogP) is 0.930. The van der Waals surface area contributed by atoms with Gasteiger partial charge in [-0.25, -0.2) is 0 Å². The molecule has 1 aliphatic rings. The molecule has 0 aliphatic carbocycles. The second-order valence-corrected chi connectivity index (χ2v) is 7.50. The first kappa shape index (κ1) is 20.6. The predicted molar refractivity (Wildman–Crippen MR) is 93.7 cm³/mol. The highest BCUT2D eigenvalue weighted by Gasteiger charge is 2.35. The molecule has 1 fully saturated rings. The molecule has 0 bridgehead atoms. The molecule has 2 rings (SSSR count). The first-order valence-electron chi connectivity index (χ1n) is 8.32. The first-order valence-corrected chi connectivity index (χ1v) is 9.37. The number of hydrogen-bond donors (Lipinski definition) is 2. The number of likely N-dealkylation sites (N-methyl/N-ethyl adjacent to an activating group) is 1. The molecule has 0 spiro atoms. The van der Waals surface area contributed by atoms with Crippen LogP contribution in [0.4, 0.5) is 13.2 Å². The first-order chi connectivity index (χ1) is 12.2. The van der Waals surface area contributed by atoms with Gasteiger partial charge in [0, 0.05) is 13.0 Å². The fourth-order valence-electron chi connectivity index (χ4n) is 2.60. The summed E-state index contributed by atoms with van der Waals surface area (Å²) >= 11 is 1.28. The summed E-state index contributed by atoms with van der Waals surface area (Å²) in [6, 6.07) is 5.01. The van der Waals surface area contributed by atoms with Gasteiger partial charge in [-0.15, -0.1) is 11.8 Å². The molecule has 9 heteroatoms. The monoisotopic (exact) mass is 390 g/mol. The Morgan fingerprint density at radius 2 is 2.12 bits per heavy atom. The van der Waals surface area contributed by atoms with E-state index in [0.29, 0.717) is 12.1 Å². The van der Waals surface area contributed by atoms with Crippen molar-refractivity contribution in [3.8, 4) is 0 Å². The second kappa shape index (κ2) is 8.77. The van der Waals surface area contributed by atoms with Gasteiger partial charge in [0.1, 0.15) is 5.37 Å². The highest BCUT2D eigenvalue weighted by molar-refractivity contribution is 8.00. The van der Waals surface area contributed by atoms with E-state index in [0.717, 1.165) is 18.7 Å². The molecule has 0 saturated carbocycles. The molecule has 2 N–H and O–H groups in total. The molecular weight excluding hydrogens is 367 g/mol. The third-order valence-electron chi connectivity index (χ3n) is 3.99. The number of amides is 2. The van der Waals surface area contributed by atoms with Gasteiger partial charge in [0.05, 0.1) is 38.5 Å². The number of nitrogens with one attached hydrogen (secondary N) is 2. The van der Waals surface area contributed by atoms with Crippen LogP contribution in [0.25, 0.3) is 0 Å². The lowest BCUT2D eigenvalue weighted by Gasteiger charge is -2.24. The van der Waals surface area contributed by atoms with Crippen molar-refractivity contribution in [2.45, 2.75) is 18.0 Å². The molecule has 0 radical (unpaired) electrons. The molecule has 1 aliphatic heterocycles. The van der Waals surface area contributed by atoms with Gasteiger partial charge in [0.2, 0.25) is 11.8 Å². The maximum Gasteiger partial charge on any atom is 0.416 e. The number of alkyl halides is 3. The molecule has 144 valence electrons. The molecular formula is C17H23F3N3O2S+. The van der Waals surface area contributed by atoms with E-state index in [9.17, 15) is 22.8 Å². The van der Waals surface area contributed by atoms with E-state index in [4.69, 9.17) is 0 Å². The minimum atomic E-state index is -4.43. The Hall–Kier alpha value is -1.74. The van der Waals surface area contributed by atoms with E-state index in [1.807, 2.05) is 14.1 Å². The molecule has 1 aromatic rings. The quantitative estimate of drug-likeness (QED) is 0.728. The third-order valence-corrected chi connectivity index (χ3v) is 5.25. The van der Waals surface area contributed by atoms with Gasteiger partial charge in [0.25, 0.3) is 0 Å². The SMILES string of the molecule is C[NH+](C)CCNC(=O)CCN1C(=O)CS[C@@H]1c1cccc(C(F)(F)F)c1. The average molecular weight is 390 g/mol. The van der Waals surface area contributed by atoms with Crippen LogP contribution in [-0.2, 0) is 15.8 Å². The topological polar surface area (TPSA) is 53.9 Å². The van der Waals surface area contributed by atoms with Gasteiger partial charge < -0.3 is 15.1 Å². The van der Waals surface area contributed by atoms with Crippen LogP contribution in [0, 0.1) is 0 Å². The molecule has 5 nitrogen and oxygen atoms in total. The summed E-state index contributed by atoms with van der Waals surface area (Å²) in [7, 11) is 3.96. The Morgan fingerprint density at radius 1 is 1.38 bits per heavy atom. The van der Waals surface area contributed by atoms with Gasteiger partial charge in [-0.1, -0.05) is 12.1 Å². The van der Waals surface area contributed by atoms with Crippen LogP contribution in [0.1, 0.15) is 22.9 Å². The maximum absolute atomic E-state index is 12.9. The number of nitrogens with zero attached hydrogens (tertiary/aromatic N) is 1. The fraction of sp³-hybridized carbons (Fsp3) is 0.529. The van der Waals surface area contributed by atoms with Gasteiger partial charge in [-0.2, -0.15) is 13.2 Å². The van der Waals surface area contributed by atoms with Crippen molar-refractivity contribution in [1.82, 2.24) is 10.2 Å². The summed E-state index contributed by atoms with van der Waals surface area (Å²) in [4.78, 5) is 26.7. The van der Waals surface area contributed by atoms with E-state index in [2.05, 4.69) is 5.32 Å². The van der Waals surface area contributed by atoms with Gasteiger partial charge in [-0.05, 0) is 17.7 Å². The lowest BCUT2D eigenvalue weighted by molar-refractivity contribution is -0.856. The van der Waals surface area contributed by atoms with Gasteiger partial charge in [0.15, 0.2) is 0 Å². The molecule has 0 unspecified atom stereocenters. The van der Waals surface area contributed by atoms with Crippen LogP contribution in [0.2, 0.25) is 0 Å². The van der Waals surface area contributed by atoms with E-state index in [-0.39, 0.29) is 30.5 Å². The van der Waals surface area contributed by atoms with Crippen LogP contribution in [0.15, 0.2) is 24.3 Å². The lowest BCUT2D eigenvalue weighted by atomic mass is 10.1. The third kappa shape index (κ3) is 5.63. The van der Waals surface area contributed by atoms with Crippen molar-refractivity contribution in [2.24, 2.45) is 0 Å². The minimum absolute atomic E-state index is 0.129. The number of rotatable bonds is 7. The van der Waals surface area contributed by atoms with E-state index in [1.165, 1.54) is 27.6 Å². The molecule has 1 aromatic carbocycles. The zero-order chi connectivity index (χ0) is 19.3. The molecule has 2 amide bonds. The van der Waals surface area contributed by atoms with E-state index in [1.54, 1.807) is 6.07 Å². The maximum atomic E-state index is 12.9. The summed E-state index contributed by atoms with van der Waals surface area (Å²) < 4.78 is 38.7. The average Bonchev–Trinajstić information content (AvgIpc) is 2.93. The smallest absolute Gasteiger partial charge is 0.350 e. The van der Waals surface area contributed by atoms with E-state index >= 15 is 0 Å². The summed E-state index contributed by atoms with van der Waals surface area (Å²) in [5.41, 5.74) is -0.314. The zero-order valence-corrected chi connectivity index (χ0v) is 15.5. The number of quaternary nitrogens is 1. The molecule has 1 heterocycles. The van der Waals surface area contributed by atoms with Crippen molar-refractivity contribution in [2.75, 3.05) is 39.5 Å². The Labute approximate surface area is 154 Å². The Balaban J connectivity index is 1.99. The fourth-order valence-corrected chi connectivity index (χ4v) is 3.81. The van der Waals surface area contributed by atoms with Crippen LogP contribution in [0.5, 0.6) is 0 Å². The van der Waals surface area contributed by atoms with Gasteiger partial charge in [-0.3, -0.25) is 9.59 Å². The normalized spacial score (nSPS) is 17.8. The molecule has 1 atom stereocenters. The molecule has 0 aromatic heterocycles. The summed E-state index contributed by atoms with van der Waals surface area (Å²) in [5.74, 6) is -0.131. The van der Waals surface area contributed by atoms with Crippen molar-refractivity contribution >= 4 is 23.6 Å². The van der Waals surface area contributed by atoms with Gasteiger partial charge >= 0.3 is 6.18 Å². The zero-order valence-electron chi connectivity index (χ0n) is 14.7. The summed E-state index contributed by atoms with van der Waals surface area (Å²) in [6.07, 6.45) is -4.30. The van der Waals surface area contributed by atoms with Crippen molar-refractivity contribution in [3.63, 3.8) is 0 Å². The van der Waals surface area contributed by atoms with E-state index < -0.39 is 17.1 Å². The molecule has 26 heavy (non-hydrogen) atoms. The van der Waals surface area contributed by atoms with Crippen molar-refractivity contribution in [3.05, 3.63) is 35.4 Å². The summed E-state index contributed by atoms with van der Waals surface area (Å²) in [6.45, 7) is 1.52. The second-order valence-electron chi connectivity index (χ2n) is 6.43. The van der Waals surface area contributed by atoms with Crippen LogP contribution in [-0.4, -0.2) is 56.2 Å². The number of benzene rings is 1. The Kier molecular flexibility index (Phi) is 6.94.